The fraction of sp³-hybridized carbons (Fsp3) is 0.455. The largest absolute Gasteiger partial charge is 0.497 e. The van der Waals surface area contributed by atoms with Gasteiger partial charge in [0, 0.05) is 49.0 Å². The highest BCUT2D eigenvalue weighted by Gasteiger charge is 2.62. The van der Waals surface area contributed by atoms with Gasteiger partial charge < -0.3 is 34.6 Å². The number of nitrogens with one attached hydrogen (secondary N) is 3. The van der Waals surface area contributed by atoms with Crippen molar-refractivity contribution in [2.75, 3.05) is 27.2 Å². The van der Waals surface area contributed by atoms with Gasteiger partial charge >= 0.3 is 6.09 Å². The number of hydrogen-bond acceptors (Lipinski definition) is 11. The van der Waals surface area contributed by atoms with Crippen LogP contribution >= 0.6 is 0 Å². The topological polar surface area (TPSA) is 203 Å². The van der Waals surface area contributed by atoms with Crippen molar-refractivity contribution in [3.63, 3.8) is 0 Å². The molecule has 5 amide bonds. The van der Waals surface area contributed by atoms with Crippen LogP contribution in [0.15, 0.2) is 79.9 Å². The maximum Gasteiger partial charge on any atom is 0.408 e. The molecule has 3 aromatic rings. The number of hydrogen-bond donors (Lipinski definition) is 3. The molecule has 4 fully saturated rings. The molecule has 0 bridgehead atoms. The lowest BCUT2D eigenvalue weighted by Crippen LogP contribution is -2.58. The van der Waals surface area contributed by atoms with Gasteiger partial charge in [-0.25, -0.2) is 18.2 Å². The van der Waals surface area contributed by atoms with E-state index in [1.54, 1.807) is 25.3 Å². The molecule has 17 heteroatoms. The Bertz CT molecular complexity index is 2320. The normalized spacial score (nSPS) is 22.7. The van der Waals surface area contributed by atoms with Crippen molar-refractivity contribution in [1.82, 2.24) is 30.1 Å². The lowest BCUT2D eigenvalue weighted by Gasteiger charge is -2.30. The molecular formula is C44H52N6O10S. The maximum atomic E-state index is 14.8. The van der Waals surface area contributed by atoms with Crippen molar-refractivity contribution < 1.29 is 46.6 Å². The van der Waals surface area contributed by atoms with Gasteiger partial charge in [0.05, 0.1) is 30.1 Å². The summed E-state index contributed by atoms with van der Waals surface area (Å²) in [6, 6.07) is 14.2. The molecule has 0 radical (unpaired) electrons. The molecule has 3 aliphatic carbocycles. The van der Waals surface area contributed by atoms with Crippen LogP contribution in [0.2, 0.25) is 0 Å². The van der Waals surface area contributed by atoms with Crippen molar-refractivity contribution in [1.29, 1.82) is 0 Å². The van der Waals surface area contributed by atoms with Gasteiger partial charge in [-0.2, -0.15) is 0 Å². The van der Waals surface area contributed by atoms with Crippen LogP contribution < -0.4 is 24.8 Å². The van der Waals surface area contributed by atoms with E-state index in [0.29, 0.717) is 53.8 Å². The van der Waals surface area contributed by atoms with Crippen LogP contribution in [-0.2, 0) is 33.9 Å². The van der Waals surface area contributed by atoms with E-state index in [0.717, 1.165) is 24.5 Å². The number of carbonyl (C=O) groups is 5. The number of sulfonamides is 1. The Morgan fingerprint density at radius 3 is 2.41 bits per heavy atom. The van der Waals surface area contributed by atoms with Gasteiger partial charge in [-0.3, -0.25) is 23.9 Å². The fourth-order valence-electron chi connectivity index (χ4n) is 8.11. The number of alkyl carbamates (subject to hydrolysis) is 1. The lowest BCUT2D eigenvalue weighted by molar-refractivity contribution is -0.141. The van der Waals surface area contributed by atoms with E-state index in [-0.39, 0.29) is 38.5 Å². The van der Waals surface area contributed by atoms with Crippen LogP contribution in [0.25, 0.3) is 22.2 Å². The average Bonchev–Trinajstić information content (AvgIpc) is 4.14. The first-order valence-electron chi connectivity index (χ1n) is 20.6. The molecule has 2 aromatic carbocycles. The number of methoxy groups -OCH3 is 1. The summed E-state index contributed by atoms with van der Waals surface area (Å²) < 4.78 is 45.7. The van der Waals surface area contributed by atoms with Crippen molar-refractivity contribution >= 4 is 50.6 Å². The Morgan fingerprint density at radius 2 is 1.75 bits per heavy atom. The van der Waals surface area contributed by atoms with Gasteiger partial charge in [0.25, 0.3) is 5.91 Å². The summed E-state index contributed by atoms with van der Waals surface area (Å²) in [4.78, 5) is 76.3. The number of ether oxygens (including phenoxy) is 3. The third-order valence-electron chi connectivity index (χ3n) is 11.9. The maximum absolute atomic E-state index is 14.8. The van der Waals surface area contributed by atoms with Gasteiger partial charge in [-0.15, -0.1) is 6.58 Å². The minimum Gasteiger partial charge on any atom is -0.497 e. The minimum atomic E-state index is -3.95. The number of likely N-dealkylation sites (N-methyl/N-ethyl adjacent to an activating group) is 1. The predicted octanol–water partition coefficient (Wildman–Crippen LogP) is 4.00. The van der Waals surface area contributed by atoms with Gasteiger partial charge in [0.1, 0.15) is 41.3 Å². The number of amides is 5. The Labute approximate surface area is 355 Å². The second-order valence-corrected chi connectivity index (χ2v) is 18.1. The second-order valence-electron chi connectivity index (χ2n) is 16.2. The van der Waals surface area contributed by atoms with Crippen LogP contribution in [0.3, 0.4) is 0 Å². The van der Waals surface area contributed by atoms with Crippen molar-refractivity contribution in [2.45, 2.75) is 92.9 Å². The van der Waals surface area contributed by atoms with Crippen LogP contribution in [0.4, 0.5) is 4.79 Å². The Balaban J connectivity index is 1.21. The highest BCUT2D eigenvalue weighted by atomic mass is 32.2. The zero-order valence-corrected chi connectivity index (χ0v) is 35.2. The highest BCUT2D eigenvalue weighted by molar-refractivity contribution is 7.91. The van der Waals surface area contributed by atoms with Gasteiger partial charge in [0.2, 0.25) is 27.7 Å². The summed E-state index contributed by atoms with van der Waals surface area (Å²) in [6.07, 6.45) is 4.83. The molecule has 5 atom stereocenters. The number of carbonyl (C=O) groups excluding carboxylic acids is 5. The quantitative estimate of drug-likeness (QED) is 0.131. The number of likely N-dealkylation sites (tertiary alicyclic amines) is 1. The lowest BCUT2D eigenvalue weighted by atomic mass is 10.1. The number of fused-ring (bicyclic) bond motifs is 1. The van der Waals surface area contributed by atoms with Crippen molar-refractivity contribution in [3.05, 3.63) is 79.9 Å². The van der Waals surface area contributed by atoms with Crippen LogP contribution in [0, 0.1) is 5.92 Å². The summed E-state index contributed by atoms with van der Waals surface area (Å²) in [5.41, 5.74) is 0.399. The van der Waals surface area contributed by atoms with Crippen LogP contribution in [-0.4, -0.2) is 115 Å². The first-order chi connectivity index (χ1) is 29.2. The number of pyridine rings is 1. The fourth-order valence-corrected chi connectivity index (χ4v) is 9.48. The standard InChI is InChI=1S/C44H52N6O10S/c1-5-28-25-44(28,42(54)48-61(56,57)32-17-18-32)47-40(52)37-23-31(59-38-24-35(27-12-8-7-9-13-27)45-36-22-30(58-4)16-19-33(36)38)26-50(37)41(53)34(20-21-49(3)39(51)6-2)46-43(55)60-29-14-10-11-15-29/h5-9,12-13,16,19,22,24,28-29,31-32,34,37H,1-2,10-11,14-15,17-18,20-21,23,25-26H2,3-4H3,(H,46,55)(H,47,52)(H,48,54)/t28-,31-,34+,37+,44-/m1/s1. The van der Waals surface area contributed by atoms with E-state index >= 15 is 0 Å². The number of aromatic nitrogens is 1. The van der Waals surface area contributed by atoms with E-state index in [1.807, 2.05) is 36.4 Å². The second kappa shape index (κ2) is 17.9. The molecule has 4 aliphatic rings. The molecule has 3 saturated carbocycles. The van der Waals surface area contributed by atoms with E-state index < -0.39 is 74.6 Å². The zero-order valence-electron chi connectivity index (χ0n) is 34.3. The predicted molar refractivity (Wildman–Crippen MR) is 226 cm³/mol. The third-order valence-corrected chi connectivity index (χ3v) is 13.7. The van der Waals surface area contributed by atoms with Gasteiger partial charge in [-0.1, -0.05) is 43.0 Å². The molecule has 1 aliphatic heterocycles. The van der Waals surface area contributed by atoms with Gasteiger partial charge in [-0.05, 0) is 69.6 Å². The van der Waals surface area contributed by atoms with E-state index in [9.17, 15) is 32.4 Å². The van der Waals surface area contributed by atoms with Gasteiger partial charge in [0.15, 0.2) is 0 Å². The minimum absolute atomic E-state index is 0.0355. The van der Waals surface area contributed by atoms with E-state index in [2.05, 4.69) is 28.5 Å². The molecule has 2 heterocycles. The summed E-state index contributed by atoms with van der Waals surface area (Å²) in [6.45, 7) is 7.25. The summed E-state index contributed by atoms with van der Waals surface area (Å²) >= 11 is 0. The monoisotopic (exact) mass is 856 g/mol. The molecule has 3 N–H and O–H groups in total. The first-order valence-corrected chi connectivity index (χ1v) is 22.2. The number of benzene rings is 2. The number of nitrogens with zero attached hydrogens (tertiary/aromatic N) is 3. The molecule has 16 nitrogen and oxygen atoms in total. The first kappa shape index (κ1) is 43.1. The van der Waals surface area contributed by atoms with Crippen LogP contribution in [0.5, 0.6) is 11.5 Å². The summed E-state index contributed by atoms with van der Waals surface area (Å²) in [5.74, 6) is -2.19. The molecule has 1 aromatic heterocycles. The summed E-state index contributed by atoms with van der Waals surface area (Å²) in [5, 5.41) is 5.47. The highest BCUT2D eigenvalue weighted by Crippen LogP contribution is 2.46. The third kappa shape index (κ3) is 9.66. The average molecular weight is 857 g/mol. The Morgan fingerprint density at radius 1 is 1.02 bits per heavy atom. The molecule has 324 valence electrons. The SMILES string of the molecule is C=CC(=O)N(C)CC[C@H](NC(=O)OC1CCCC1)C(=O)N1C[C@H](Oc2cc(-c3ccccc3)nc3cc(OC)ccc23)C[C@H]1C(=O)N[C@]1(C(=O)NS(=O)(=O)C2CC2)C[C@H]1C=C. The van der Waals surface area contributed by atoms with Crippen LogP contribution in [0.1, 0.15) is 57.8 Å². The molecule has 61 heavy (non-hydrogen) atoms. The summed E-state index contributed by atoms with van der Waals surface area (Å²) in [7, 11) is -0.859. The molecule has 1 saturated heterocycles. The van der Waals surface area contributed by atoms with E-state index in [1.165, 1.54) is 22.9 Å². The number of rotatable bonds is 17. The Hall–Kier alpha value is -5.97. The molecule has 0 spiro atoms. The van der Waals surface area contributed by atoms with E-state index in [4.69, 9.17) is 19.2 Å². The smallest absolute Gasteiger partial charge is 0.408 e. The molecule has 0 unspecified atom stereocenters. The Kier molecular flexibility index (Phi) is 12.7. The molecule has 7 rings (SSSR count). The zero-order chi connectivity index (χ0) is 43.5. The molecular weight excluding hydrogens is 805 g/mol. The van der Waals surface area contributed by atoms with Crippen molar-refractivity contribution in [2.24, 2.45) is 5.92 Å². The van der Waals surface area contributed by atoms with Crippen molar-refractivity contribution in [3.8, 4) is 22.8 Å².